The number of rotatable bonds is 4. The van der Waals surface area contributed by atoms with Crippen LogP contribution in [0.15, 0.2) is 35.1 Å². The number of esters is 1. The number of urea groups is 1. The van der Waals surface area contributed by atoms with Crippen LogP contribution < -0.4 is 5.32 Å². The molecule has 0 fully saturated rings. The number of fused-ring (bicyclic) bond motifs is 1. The minimum absolute atomic E-state index is 0.0849. The molecule has 0 spiro atoms. The Morgan fingerprint density at radius 1 is 1.33 bits per heavy atom. The number of benzene rings is 1. The minimum Gasteiger partial charge on any atom is -0.467 e. The zero-order chi connectivity index (χ0) is 19.6. The van der Waals surface area contributed by atoms with Crippen LogP contribution in [0.4, 0.5) is 4.79 Å². The van der Waals surface area contributed by atoms with Crippen molar-refractivity contribution in [2.24, 2.45) is 5.92 Å². The molecule has 0 saturated heterocycles. The summed E-state index contributed by atoms with van der Waals surface area (Å²) in [4.78, 5) is 34.5. The van der Waals surface area contributed by atoms with Gasteiger partial charge in [-0.15, -0.1) is 0 Å². The number of nitrogens with one attached hydrogen (secondary N) is 2. The Kier molecular flexibility index (Phi) is 5.84. The molecule has 144 valence electrons. The van der Waals surface area contributed by atoms with Crippen LogP contribution >= 0.6 is 15.9 Å². The number of aromatic amines is 1. The largest absolute Gasteiger partial charge is 0.467 e. The maximum Gasteiger partial charge on any atom is 0.328 e. The van der Waals surface area contributed by atoms with Crippen LogP contribution in [0, 0.1) is 5.92 Å². The molecule has 0 unspecified atom stereocenters. The van der Waals surface area contributed by atoms with Gasteiger partial charge >= 0.3 is 12.0 Å². The normalized spacial score (nSPS) is 17.4. The molecule has 2 atom stereocenters. The van der Waals surface area contributed by atoms with E-state index in [2.05, 4.69) is 31.2 Å². The second kappa shape index (κ2) is 8.12. The molecular weight excluding hydrogens is 412 g/mol. The van der Waals surface area contributed by atoms with Crippen molar-refractivity contribution >= 4 is 27.9 Å². The summed E-state index contributed by atoms with van der Waals surface area (Å²) < 4.78 is 5.80. The predicted molar refractivity (Wildman–Crippen MR) is 104 cm³/mol. The number of hydrogen-bond acceptors (Lipinski definition) is 4. The Labute approximate surface area is 166 Å². The van der Waals surface area contributed by atoms with Gasteiger partial charge in [0.2, 0.25) is 0 Å². The molecule has 1 aliphatic rings. The fraction of sp³-hybridized carbons (Fsp3) is 0.421. The summed E-state index contributed by atoms with van der Waals surface area (Å²) in [7, 11) is 1.32. The van der Waals surface area contributed by atoms with Crippen LogP contribution in [0.5, 0.6) is 0 Å². The van der Waals surface area contributed by atoms with Gasteiger partial charge in [0.1, 0.15) is 12.1 Å². The average Bonchev–Trinajstić information content (AvgIpc) is 3.13. The molecule has 0 radical (unpaired) electrons. The van der Waals surface area contributed by atoms with Crippen LogP contribution in [-0.2, 0) is 16.0 Å². The van der Waals surface area contributed by atoms with E-state index in [1.165, 1.54) is 7.11 Å². The Morgan fingerprint density at radius 3 is 2.67 bits per heavy atom. The van der Waals surface area contributed by atoms with Crippen molar-refractivity contribution in [3.05, 3.63) is 52.0 Å². The number of H-pyrrole nitrogens is 1. The summed E-state index contributed by atoms with van der Waals surface area (Å²) in [5, 5.41) is 2.84. The molecule has 0 bridgehead atoms. The smallest absolute Gasteiger partial charge is 0.328 e. The zero-order valence-corrected chi connectivity index (χ0v) is 17.1. The molecule has 7 nitrogen and oxygen atoms in total. The van der Waals surface area contributed by atoms with Crippen molar-refractivity contribution in [3.63, 3.8) is 0 Å². The fourth-order valence-electron chi connectivity index (χ4n) is 3.32. The number of imidazole rings is 1. The molecule has 1 aliphatic heterocycles. The van der Waals surface area contributed by atoms with Gasteiger partial charge in [-0.3, -0.25) is 0 Å². The first kappa shape index (κ1) is 19.4. The highest BCUT2D eigenvalue weighted by atomic mass is 79.9. The monoisotopic (exact) mass is 434 g/mol. The maximum absolute atomic E-state index is 13.1. The molecule has 0 saturated carbocycles. The van der Waals surface area contributed by atoms with Gasteiger partial charge in [0.15, 0.2) is 0 Å². The molecule has 27 heavy (non-hydrogen) atoms. The Morgan fingerprint density at radius 2 is 2.04 bits per heavy atom. The molecule has 0 aliphatic carbocycles. The van der Waals surface area contributed by atoms with Gasteiger partial charge in [0, 0.05) is 23.1 Å². The summed E-state index contributed by atoms with van der Waals surface area (Å²) in [5.41, 5.74) is 2.82. The first-order valence-corrected chi connectivity index (χ1v) is 9.64. The molecule has 1 aromatic carbocycles. The van der Waals surface area contributed by atoms with E-state index < -0.39 is 12.0 Å². The van der Waals surface area contributed by atoms with Crippen molar-refractivity contribution < 1.29 is 14.3 Å². The third-order valence-corrected chi connectivity index (χ3v) is 5.30. The van der Waals surface area contributed by atoms with Crippen molar-refractivity contribution in [1.82, 2.24) is 20.2 Å². The minimum atomic E-state index is -0.700. The molecule has 3 rings (SSSR count). The molecule has 2 aromatic rings. The lowest BCUT2D eigenvalue weighted by molar-refractivity contribution is -0.144. The van der Waals surface area contributed by atoms with Gasteiger partial charge in [-0.05, 0) is 23.6 Å². The molecule has 8 heteroatoms. The Bertz CT molecular complexity index is 819. The topological polar surface area (TPSA) is 87.3 Å². The van der Waals surface area contributed by atoms with E-state index >= 15 is 0 Å². The molecule has 2 N–H and O–H groups in total. The van der Waals surface area contributed by atoms with Gasteiger partial charge in [0.05, 0.1) is 19.1 Å². The van der Waals surface area contributed by atoms with E-state index in [4.69, 9.17) is 4.74 Å². The maximum atomic E-state index is 13.1. The van der Waals surface area contributed by atoms with E-state index in [0.717, 1.165) is 21.4 Å². The molecule has 2 heterocycles. The first-order valence-electron chi connectivity index (χ1n) is 8.85. The van der Waals surface area contributed by atoms with Crippen LogP contribution in [-0.4, -0.2) is 46.6 Å². The Hall–Kier alpha value is -2.35. The number of carbonyl (C=O) groups excluding carboxylic acids is 2. The third kappa shape index (κ3) is 4.00. The quantitative estimate of drug-likeness (QED) is 0.723. The number of carbonyl (C=O) groups is 2. The number of amides is 2. The number of aromatic nitrogens is 2. The highest BCUT2D eigenvalue weighted by molar-refractivity contribution is 9.10. The van der Waals surface area contributed by atoms with Crippen LogP contribution in [0.25, 0.3) is 0 Å². The number of nitrogens with zero attached hydrogens (tertiary/aromatic N) is 2. The van der Waals surface area contributed by atoms with E-state index in [1.807, 2.05) is 38.1 Å². The summed E-state index contributed by atoms with van der Waals surface area (Å²) in [6, 6.07) is 6.50. The number of ether oxygens (including phenoxy) is 1. The number of methoxy groups -OCH3 is 1. The van der Waals surface area contributed by atoms with Gasteiger partial charge in [-0.2, -0.15) is 0 Å². The van der Waals surface area contributed by atoms with E-state index in [-0.39, 0.29) is 18.0 Å². The lowest BCUT2D eigenvalue weighted by Crippen LogP contribution is -2.53. The van der Waals surface area contributed by atoms with E-state index in [9.17, 15) is 9.59 Å². The third-order valence-electron chi connectivity index (χ3n) is 4.77. The molecular formula is C19H23BrN4O3. The second-order valence-corrected chi connectivity index (χ2v) is 7.77. The summed E-state index contributed by atoms with van der Waals surface area (Å²) in [6.07, 6.45) is 2.34. The van der Waals surface area contributed by atoms with Crippen LogP contribution in [0.2, 0.25) is 0 Å². The van der Waals surface area contributed by atoms with E-state index in [0.29, 0.717) is 13.0 Å². The van der Waals surface area contributed by atoms with Gasteiger partial charge < -0.3 is 19.9 Å². The summed E-state index contributed by atoms with van der Waals surface area (Å²) in [6.45, 7) is 4.26. The van der Waals surface area contributed by atoms with Gasteiger partial charge in [-0.25, -0.2) is 14.6 Å². The van der Waals surface area contributed by atoms with Crippen molar-refractivity contribution in [2.75, 3.05) is 13.7 Å². The Balaban J connectivity index is 1.91. The van der Waals surface area contributed by atoms with E-state index in [1.54, 1.807) is 11.2 Å². The van der Waals surface area contributed by atoms with Gasteiger partial charge in [0.25, 0.3) is 0 Å². The van der Waals surface area contributed by atoms with Crippen molar-refractivity contribution in [2.45, 2.75) is 32.4 Å². The highest BCUT2D eigenvalue weighted by Crippen LogP contribution is 2.34. The second-order valence-electron chi connectivity index (χ2n) is 6.86. The van der Waals surface area contributed by atoms with Crippen LogP contribution in [0.3, 0.4) is 0 Å². The average molecular weight is 435 g/mol. The lowest BCUT2D eigenvalue weighted by Gasteiger charge is -2.36. The first-order chi connectivity index (χ1) is 12.9. The fourth-order valence-corrected chi connectivity index (χ4v) is 3.58. The standard InChI is InChI=1S/C19H23BrN4O3/c1-11(2)15(18(25)27-3)23-19(26)24-9-8-14-16(22-10-21-14)17(24)12-4-6-13(20)7-5-12/h4-7,10-11,15,17H,8-9H2,1-3H3,(H,21,22)(H,23,26)/t15-,17-/m1/s1. The van der Waals surface area contributed by atoms with Crippen molar-refractivity contribution in [3.8, 4) is 0 Å². The van der Waals surface area contributed by atoms with Gasteiger partial charge in [-0.1, -0.05) is 41.9 Å². The van der Waals surface area contributed by atoms with Crippen molar-refractivity contribution in [1.29, 1.82) is 0 Å². The molecule has 1 aromatic heterocycles. The SMILES string of the molecule is COC(=O)[C@H](NC(=O)N1CCc2[nH]cnc2[C@H]1c1ccc(Br)cc1)C(C)C. The zero-order valence-electron chi connectivity index (χ0n) is 15.5. The summed E-state index contributed by atoms with van der Waals surface area (Å²) >= 11 is 3.44. The van der Waals surface area contributed by atoms with Crippen LogP contribution in [0.1, 0.15) is 36.8 Å². The predicted octanol–water partition coefficient (Wildman–Crippen LogP) is 3.03. The highest BCUT2D eigenvalue weighted by Gasteiger charge is 2.36. The number of hydrogen-bond donors (Lipinski definition) is 2. The lowest BCUT2D eigenvalue weighted by atomic mass is 9.96. The number of halogens is 1. The summed E-state index contributed by atoms with van der Waals surface area (Å²) in [5.74, 6) is -0.533. The molecule has 2 amide bonds.